The first-order valence-corrected chi connectivity index (χ1v) is 10.5. The summed E-state index contributed by atoms with van der Waals surface area (Å²) in [4.78, 5) is 54.1. The molecule has 2 aliphatic rings. The average Bonchev–Trinajstić information content (AvgIpc) is 2.80. The molecular formula is C21H29N5O6. The zero-order valence-corrected chi connectivity index (χ0v) is 18.3. The first-order chi connectivity index (χ1) is 15.4. The van der Waals surface area contributed by atoms with Crippen LogP contribution in [0, 0.1) is 0 Å². The Labute approximate surface area is 186 Å². The molecule has 0 aliphatic carbocycles. The first-order valence-electron chi connectivity index (χ1n) is 10.5. The van der Waals surface area contributed by atoms with E-state index in [-0.39, 0.29) is 24.8 Å². The lowest BCUT2D eigenvalue weighted by Crippen LogP contribution is -2.60. The van der Waals surface area contributed by atoms with E-state index in [9.17, 15) is 19.2 Å². The van der Waals surface area contributed by atoms with E-state index in [0.29, 0.717) is 56.5 Å². The van der Waals surface area contributed by atoms with Crippen LogP contribution < -0.4 is 20.1 Å². The average molecular weight is 447 g/mol. The summed E-state index contributed by atoms with van der Waals surface area (Å²) in [5, 5.41) is 5.47. The second-order valence-corrected chi connectivity index (χ2v) is 7.63. The zero-order valence-electron chi connectivity index (χ0n) is 18.3. The van der Waals surface area contributed by atoms with Gasteiger partial charge in [-0.25, -0.2) is 0 Å². The van der Waals surface area contributed by atoms with Gasteiger partial charge in [-0.1, -0.05) is 0 Å². The van der Waals surface area contributed by atoms with Gasteiger partial charge in [-0.05, 0) is 12.1 Å². The molecule has 2 N–H and O–H groups in total. The highest BCUT2D eigenvalue weighted by Crippen LogP contribution is 2.29. The molecule has 1 atom stereocenters. The Morgan fingerprint density at radius 2 is 1.91 bits per heavy atom. The Hall–Kier alpha value is -3.34. The Morgan fingerprint density at radius 3 is 2.56 bits per heavy atom. The molecule has 0 unspecified atom stereocenters. The predicted molar refractivity (Wildman–Crippen MR) is 115 cm³/mol. The first kappa shape index (κ1) is 23.3. The molecule has 174 valence electrons. The highest BCUT2D eigenvalue weighted by molar-refractivity contribution is 5.98. The van der Waals surface area contributed by atoms with Crippen LogP contribution in [-0.4, -0.2) is 105 Å². The van der Waals surface area contributed by atoms with E-state index in [1.165, 1.54) is 19.1 Å². The highest BCUT2D eigenvalue weighted by atomic mass is 16.5. The lowest BCUT2D eigenvalue weighted by Gasteiger charge is -2.37. The fourth-order valence-corrected chi connectivity index (χ4v) is 3.81. The molecule has 4 amide bonds. The molecule has 1 aromatic rings. The largest absolute Gasteiger partial charge is 0.497 e. The van der Waals surface area contributed by atoms with Gasteiger partial charge in [-0.2, -0.15) is 0 Å². The van der Waals surface area contributed by atoms with E-state index < -0.39 is 11.9 Å². The minimum atomic E-state index is -0.899. The number of carbonyl (C=O) groups is 4. The molecule has 0 aromatic heterocycles. The van der Waals surface area contributed by atoms with Crippen molar-refractivity contribution in [3.8, 4) is 11.5 Å². The fraction of sp³-hybridized carbons (Fsp3) is 0.524. The summed E-state index contributed by atoms with van der Waals surface area (Å²) in [7, 11) is 3.00. The van der Waals surface area contributed by atoms with Gasteiger partial charge in [-0.15, -0.1) is 0 Å². The van der Waals surface area contributed by atoms with Gasteiger partial charge in [0, 0.05) is 45.3 Å². The number of carbonyl (C=O) groups excluding carboxylic acids is 4. The van der Waals surface area contributed by atoms with Crippen LogP contribution in [0.2, 0.25) is 0 Å². The maximum atomic E-state index is 12.9. The monoisotopic (exact) mass is 447 g/mol. The summed E-state index contributed by atoms with van der Waals surface area (Å²) in [6.07, 6.45) is 0.622. The molecule has 3 rings (SSSR count). The molecule has 11 heteroatoms. The van der Waals surface area contributed by atoms with E-state index in [2.05, 4.69) is 10.6 Å². The number of hydrogen-bond donors (Lipinski definition) is 2. The normalized spacial score (nSPS) is 19.2. The van der Waals surface area contributed by atoms with Crippen molar-refractivity contribution < 1.29 is 28.7 Å². The van der Waals surface area contributed by atoms with Crippen LogP contribution in [0.3, 0.4) is 0 Å². The number of nitrogens with zero attached hydrogens (tertiary/aromatic N) is 3. The van der Waals surface area contributed by atoms with E-state index in [1.54, 1.807) is 23.1 Å². The minimum absolute atomic E-state index is 0.141. The predicted octanol–water partition coefficient (Wildman–Crippen LogP) is -0.867. The lowest BCUT2D eigenvalue weighted by atomic mass is 10.1. The summed E-state index contributed by atoms with van der Waals surface area (Å²) in [6, 6.07) is 4.10. The number of piperazine rings is 2. The lowest BCUT2D eigenvalue weighted by molar-refractivity contribution is -0.145. The van der Waals surface area contributed by atoms with Gasteiger partial charge >= 0.3 is 0 Å². The van der Waals surface area contributed by atoms with Gasteiger partial charge in [0.05, 0.1) is 32.9 Å². The van der Waals surface area contributed by atoms with E-state index >= 15 is 0 Å². The number of amides is 4. The van der Waals surface area contributed by atoms with Gasteiger partial charge in [0.1, 0.15) is 17.5 Å². The van der Waals surface area contributed by atoms with Gasteiger partial charge < -0.3 is 29.9 Å². The van der Waals surface area contributed by atoms with Crippen molar-refractivity contribution in [3.05, 3.63) is 18.2 Å². The molecule has 2 fully saturated rings. The van der Waals surface area contributed by atoms with Crippen molar-refractivity contribution >= 4 is 29.8 Å². The maximum Gasteiger partial charge on any atom is 0.243 e. The van der Waals surface area contributed by atoms with Gasteiger partial charge in [0.15, 0.2) is 0 Å². The summed E-state index contributed by atoms with van der Waals surface area (Å²) in [5.41, 5.74) is 0.416. The van der Waals surface area contributed by atoms with Gasteiger partial charge in [0.2, 0.25) is 24.1 Å². The number of hydrogen-bond acceptors (Lipinski definition) is 7. The van der Waals surface area contributed by atoms with Crippen molar-refractivity contribution in [2.24, 2.45) is 0 Å². The van der Waals surface area contributed by atoms with Crippen LogP contribution >= 0.6 is 0 Å². The SMILES string of the molecule is COc1ccc(OC)c(NC(=O)C[C@@H]2C(=O)NCCN2C(=O)CN2CCN(C=O)CC2)c1. The minimum Gasteiger partial charge on any atom is -0.497 e. The summed E-state index contributed by atoms with van der Waals surface area (Å²) < 4.78 is 10.5. The molecule has 0 spiro atoms. The quantitative estimate of drug-likeness (QED) is 0.497. The number of methoxy groups -OCH3 is 2. The smallest absolute Gasteiger partial charge is 0.243 e. The van der Waals surface area contributed by atoms with E-state index in [1.807, 2.05) is 4.90 Å². The molecule has 0 bridgehead atoms. The van der Waals surface area contributed by atoms with Crippen LogP contribution in [0.1, 0.15) is 6.42 Å². The van der Waals surface area contributed by atoms with Crippen LogP contribution in [-0.2, 0) is 19.2 Å². The molecule has 2 aliphatic heterocycles. The number of ether oxygens (including phenoxy) is 2. The third kappa shape index (κ3) is 5.67. The van der Waals surface area contributed by atoms with E-state index in [4.69, 9.17) is 9.47 Å². The molecule has 11 nitrogen and oxygen atoms in total. The molecule has 2 heterocycles. The van der Waals surface area contributed by atoms with Crippen LogP contribution in [0.15, 0.2) is 18.2 Å². The summed E-state index contributed by atoms with van der Waals surface area (Å²) >= 11 is 0. The Balaban J connectivity index is 1.64. The van der Waals surface area contributed by atoms with Crippen molar-refractivity contribution in [1.29, 1.82) is 0 Å². The van der Waals surface area contributed by atoms with E-state index in [0.717, 1.165) is 6.41 Å². The van der Waals surface area contributed by atoms with Crippen molar-refractivity contribution in [3.63, 3.8) is 0 Å². The second-order valence-electron chi connectivity index (χ2n) is 7.63. The number of benzene rings is 1. The van der Waals surface area contributed by atoms with Gasteiger partial charge in [0.25, 0.3) is 0 Å². The zero-order chi connectivity index (χ0) is 23.1. The summed E-state index contributed by atoms with van der Waals surface area (Å²) in [6.45, 7) is 3.11. The second kappa shape index (κ2) is 10.8. The third-order valence-corrected chi connectivity index (χ3v) is 5.63. The Kier molecular flexibility index (Phi) is 7.87. The molecule has 1 aromatic carbocycles. The van der Waals surface area contributed by atoms with Crippen LogP contribution in [0.4, 0.5) is 5.69 Å². The number of nitrogens with one attached hydrogen (secondary N) is 2. The van der Waals surface area contributed by atoms with Crippen molar-refractivity contribution in [2.75, 3.05) is 65.3 Å². The Bertz CT molecular complexity index is 855. The molecule has 0 radical (unpaired) electrons. The molecule has 0 saturated carbocycles. The van der Waals surface area contributed by atoms with Gasteiger partial charge in [-0.3, -0.25) is 24.1 Å². The molecular weight excluding hydrogens is 418 g/mol. The number of anilines is 1. The summed E-state index contributed by atoms with van der Waals surface area (Å²) in [5.74, 6) is 0.00734. The third-order valence-electron chi connectivity index (χ3n) is 5.63. The van der Waals surface area contributed by atoms with Crippen LogP contribution in [0.5, 0.6) is 11.5 Å². The Morgan fingerprint density at radius 1 is 1.16 bits per heavy atom. The van der Waals surface area contributed by atoms with Crippen LogP contribution in [0.25, 0.3) is 0 Å². The topological polar surface area (TPSA) is 121 Å². The maximum absolute atomic E-state index is 12.9. The van der Waals surface area contributed by atoms with Crippen molar-refractivity contribution in [2.45, 2.75) is 12.5 Å². The molecule has 32 heavy (non-hydrogen) atoms. The standard InChI is InChI=1S/C21H29N5O6/c1-31-15-3-4-18(32-2)16(11-15)23-19(28)12-17-21(30)22-5-6-26(17)20(29)13-24-7-9-25(14-27)10-8-24/h3-4,11,14,17H,5-10,12-13H2,1-2H3,(H,22,30)(H,23,28)/t17-/m1/s1. The number of rotatable bonds is 8. The van der Waals surface area contributed by atoms with Crippen molar-refractivity contribution in [1.82, 2.24) is 20.0 Å². The molecule has 2 saturated heterocycles. The highest BCUT2D eigenvalue weighted by Gasteiger charge is 2.35. The fourth-order valence-electron chi connectivity index (χ4n) is 3.81.